The average molecular weight is 376 g/mol. The Morgan fingerprint density at radius 3 is 2.72 bits per heavy atom. The molecule has 0 unspecified atom stereocenters. The van der Waals surface area contributed by atoms with E-state index >= 15 is 0 Å². The molecule has 0 radical (unpaired) electrons. The normalized spacial score (nSPS) is 11.3. The summed E-state index contributed by atoms with van der Waals surface area (Å²) in [6, 6.07) is 4.99. The molecule has 3 heterocycles. The van der Waals surface area contributed by atoms with Crippen molar-refractivity contribution >= 4 is 27.2 Å². The standard InChI is InChI=1S/C16H16N4O3S2/c1-10-7-12(24-9-10)14-13(5-4-6-17-14)25(21,22)20-15-16(23-3)19-11(2)8-18-15/h4-9H,1-3H3,(H,18,20). The number of ether oxygens (including phenoxy) is 1. The van der Waals surface area contributed by atoms with Gasteiger partial charge in [-0.2, -0.15) is 0 Å². The first kappa shape index (κ1) is 17.3. The largest absolute Gasteiger partial charge is 0.478 e. The quantitative estimate of drug-likeness (QED) is 0.735. The molecule has 0 saturated heterocycles. The summed E-state index contributed by atoms with van der Waals surface area (Å²) in [5.74, 6) is 0.145. The molecule has 7 nitrogen and oxygen atoms in total. The molecule has 0 amide bonds. The van der Waals surface area contributed by atoms with Crippen molar-refractivity contribution in [3.05, 3.63) is 47.2 Å². The monoisotopic (exact) mass is 376 g/mol. The third kappa shape index (κ3) is 3.62. The molecule has 0 aliphatic carbocycles. The topological polar surface area (TPSA) is 94.1 Å². The molecule has 0 saturated carbocycles. The number of pyridine rings is 1. The predicted molar refractivity (Wildman–Crippen MR) is 96.4 cm³/mol. The second-order valence-electron chi connectivity index (χ2n) is 5.31. The number of nitrogens with one attached hydrogen (secondary N) is 1. The minimum Gasteiger partial charge on any atom is -0.478 e. The molecule has 0 atom stereocenters. The third-order valence-electron chi connectivity index (χ3n) is 3.31. The van der Waals surface area contributed by atoms with Gasteiger partial charge in [-0.05, 0) is 43.0 Å². The van der Waals surface area contributed by atoms with Gasteiger partial charge < -0.3 is 4.74 Å². The smallest absolute Gasteiger partial charge is 0.265 e. The number of nitrogens with zero attached hydrogens (tertiary/aromatic N) is 3. The first-order chi connectivity index (χ1) is 11.9. The Kier molecular flexibility index (Phi) is 4.69. The third-order valence-corrected chi connectivity index (χ3v) is 5.73. The van der Waals surface area contributed by atoms with Gasteiger partial charge in [-0.1, -0.05) is 0 Å². The summed E-state index contributed by atoms with van der Waals surface area (Å²) in [7, 11) is -2.51. The Labute approximate surface area is 149 Å². The van der Waals surface area contributed by atoms with Crippen LogP contribution in [0.2, 0.25) is 0 Å². The summed E-state index contributed by atoms with van der Waals surface area (Å²) in [4.78, 5) is 13.3. The van der Waals surface area contributed by atoms with Gasteiger partial charge in [0.15, 0.2) is 0 Å². The molecular weight excluding hydrogens is 360 g/mol. The highest BCUT2D eigenvalue weighted by atomic mass is 32.2. The first-order valence-electron chi connectivity index (χ1n) is 7.31. The minimum atomic E-state index is -3.92. The first-order valence-corrected chi connectivity index (χ1v) is 9.68. The summed E-state index contributed by atoms with van der Waals surface area (Å²) < 4.78 is 33.3. The number of hydrogen-bond acceptors (Lipinski definition) is 7. The molecule has 25 heavy (non-hydrogen) atoms. The summed E-state index contributed by atoms with van der Waals surface area (Å²) in [5, 5.41) is 1.95. The van der Waals surface area contributed by atoms with Crippen molar-refractivity contribution < 1.29 is 13.2 Å². The molecule has 0 fully saturated rings. The van der Waals surface area contributed by atoms with E-state index < -0.39 is 10.0 Å². The van der Waals surface area contributed by atoms with Crippen LogP contribution in [0.3, 0.4) is 0 Å². The predicted octanol–water partition coefficient (Wildman–Crippen LogP) is 3.03. The molecule has 130 valence electrons. The number of aromatic nitrogens is 3. The highest BCUT2D eigenvalue weighted by Crippen LogP contribution is 2.32. The SMILES string of the molecule is COc1nc(C)cnc1NS(=O)(=O)c1cccnc1-c1cc(C)cs1. The van der Waals surface area contributed by atoms with E-state index in [4.69, 9.17) is 4.74 Å². The number of anilines is 1. The number of methoxy groups -OCH3 is 1. The van der Waals surface area contributed by atoms with E-state index in [1.165, 1.54) is 30.7 Å². The highest BCUT2D eigenvalue weighted by molar-refractivity contribution is 7.92. The molecule has 0 spiro atoms. The average Bonchev–Trinajstić information content (AvgIpc) is 3.02. The minimum absolute atomic E-state index is 0.0327. The lowest BCUT2D eigenvalue weighted by atomic mass is 10.2. The molecule has 9 heteroatoms. The second-order valence-corrected chi connectivity index (χ2v) is 7.88. The van der Waals surface area contributed by atoms with Crippen molar-refractivity contribution in [3.63, 3.8) is 0 Å². The molecule has 0 bridgehead atoms. The van der Waals surface area contributed by atoms with Gasteiger partial charge in [0.2, 0.25) is 5.82 Å². The Balaban J connectivity index is 2.05. The van der Waals surface area contributed by atoms with Crippen molar-refractivity contribution in [3.8, 4) is 16.5 Å². The molecular formula is C16H16N4O3S2. The Morgan fingerprint density at radius 2 is 2.04 bits per heavy atom. The second kappa shape index (κ2) is 6.77. The maximum atomic E-state index is 12.9. The zero-order valence-electron chi connectivity index (χ0n) is 13.8. The van der Waals surface area contributed by atoms with Gasteiger partial charge >= 0.3 is 0 Å². The van der Waals surface area contributed by atoms with Crippen LogP contribution in [0.5, 0.6) is 5.88 Å². The fraction of sp³-hybridized carbons (Fsp3) is 0.188. The van der Waals surface area contributed by atoms with E-state index in [1.807, 2.05) is 18.4 Å². The molecule has 3 rings (SSSR count). The van der Waals surface area contributed by atoms with Crippen LogP contribution < -0.4 is 9.46 Å². The van der Waals surface area contributed by atoms with Gasteiger partial charge in [0.05, 0.1) is 23.9 Å². The van der Waals surface area contributed by atoms with Crippen LogP contribution in [0, 0.1) is 13.8 Å². The van der Waals surface area contributed by atoms with E-state index in [-0.39, 0.29) is 16.6 Å². The van der Waals surface area contributed by atoms with Gasteiger partial charge in [0, 0.05) is 6.20 Å². The van der Waals surface area contributed by atoms with E-state index in [1.54, 1.807) is 19.2 Å². The van der Waals surface area contributed by atoms with Gasteiger partial charge in [-0.15, -0.1) is 11.3 Å². The van der Waals surface area contributed by atoms with E-state index in [2.05, 4.69) is 19.7 Å². The molecule has 0 aliphatic heterocycles. The van der Waals surface area contributed by atoms with Crippen LogP contribution in [0.15, 0.2) is 40.9 Å². The highest BCUT2D eigenvalue weighted by Gasteiger charge is 2.23. The maximum Gasteiger partial charge on any atom is 0.265 e. The van der Waals surface area contributed by atoms with Gasteiger partial charge in [0.25, 0.3) is 15.9 Å². The van der Waals surface area contributed by atoms with E-state index in [0.29, 0.717) is 11.4 Å². The molecule has 1 N–H and O–H groups in total. The van der Waals surface area contributed by atoms with Crippen molar-refractivity contribution in [2.45, 2.75) is 18.7 Å². The van der Waals surface area contributed by atoms with Crippen LogP contribution >= 0.6 is 11.3 Å². The van der Waals surface area contributed by atoms with Gasteiger partial charge in [-0.3, -0.25) is 9.71 Å². The van der Waals surface area contributed by atoms with E-state index in [0.717, 1.165) is 10.4 Å². The van der Waals surface area contributed by atoms with Crippen LogP contribution in [0.4, 0.5) is 5.82 Å². The number of thiophene rings is 1. The van der Waals surface area contributed by atoms with E-state index in [9.17, 15) is 8.42 Å². The fourth-order valence-electron chi connectivity index (χ4n) is 2.20. The fourth-order valence-corrected chi connectivity index (χ4v) is 4.35. The molecule has 0 aromatic carbocycles. The number of rotatable bonds is 5. The number of aryl methyl sites for hydroxylation is 2. The molecule has 3 aromatic rings. The molecule has 0 aliphatic rings. The zero-order chi connectivity index (χ0) is 18.0. The lowest BCUT2D eigenvalue weighted by Crippen LogP contribution is -2.16. The van der Waals surface area contributed by atoms with Crippen LogP contribution in [0.25, 0.3) is 10.6 Å². The Morgan fingerprint density at radius 1 is 1.24 bits per heavy atom. The van der Waals surface area contributed by atoms with Crippen LogP contribution in [-0.4, -0.2) is 30.5 Å². The summed E-state index contributed by atoms with van der Waals surface area (Å²) >= 11 is 1.44. The summed E-state index contributed by atoms with van der Waals surface area (Å²) in [6.07, 6.45) is 3.03. The summed E-state index contributed by atoms with van der Waals surface area (Å²) in [6.45, 7) is 3.69. The van der Waals surface area contributed by atoms with Gasteiger partial charge in [0.1, 0.15) is 10.6 Å². The Hall–Kier alpha value is -2.52. The van der Waals surface area contributed by atoms with Crippen molar-refractivity contribution in [2.75, 3.05) is 11.8 Å². The summed E-state index contributed by atoms with van der Waals surface area (Å²) in [5.41, 5.74) is 2.07. The number of sulfonamides is 1. The van der Waals surface area contributed by atoms with Crippen molar-refractivity contribution in [1.29, 1.82) is 0 Å². The maximum absolute atomic E-state index is 12.9. The van der Waals surface area contributed by atoms with Gasteiger partial charge in [-0.25, -0.2) is 18.4 Å². The lowest BCUT2D eigenvalue weighted by Gasteiger charge is -2.12. The number of hydrogen-bond donors (Lipinski definition) is 1. The van der Waals surface area contributed by atoms with Crippen molar-refractivity contribution in [2.24, 2.45) is 0 Å². The van der Waals surface area contributed by atoms with Crippen molar-refractivity contribution in [1.82, 2.24) is 15.0 Å². The zero-order valence-corrected chi connectivity index (χ0v) is 15.5. The van der Waals surface area contributed by atoms with Crippen LogP contribution in [-0.2, 0) is 10.0 Å². The lowest BCUT2D eigenvalue weighted by molar-refractivity contribution is 0.397. The van der Waals surface area contributed by atoms with Crippen LogP contribution in [0.1, 0.15) is 11.3 Å². The molecule has 3 aromatic heterocycles. The Bertz CT molecular complexity index is 1020.